The van der Waals surface area contributed by atoms with Crippen molar-refractivity contribution in [3.05, 3.63) is 53.7 Å². The molecule has 2 heterocycles. The van der Waals surface area contributed by atoms with Crippen molar-refractivity contribution in [3.8, 4) is 0 Å². The van der Waals surface area contributed by atoms with Crippen molar-refractivity contribution in [2.75, 3.05) is 13.1 Å². The summed E-state index contributed by atoms with van der Waals surface area (Å²) >= 11 is 0. The summed E-state index contributed by atoms with van der Waals surface area (Å²) in [5.74, 6) is 0.384. The normalized spacial score (nSPS) is 22.0. The number of carboxylic acid groups (broad SMARTS) is 1. The predicted octanol–water partition coefficient (Wildman–Crippen LogP) is 3.27. The van der Waals surface area contributed by atoms with Crippen molar-refractivity contribution in [2.45, 2.75) is 38.6 Å². The molecule has 1 saturated heterocycles. The lowest BCUT2D eigenvalue weighted by atomic mass is 9.89. The van der Waals surface area contributed by atoms with Crippen molar-refractivity contribution >= 4 is 5.97 Å². The smallest absolute Gasteiger partial charge is 0.308 e. The number of oxazole rings is 1. The van der Waals surface area contributed by atoms with Crippen molar-refractivity contribution in [3.63, 3.8) is 0 Å². The first-order valence-electron chi connectivity index (χ1n) is 8.30. The van der Waals surface area contributed by atoms with Gasteiger partial charge in [0.15, 0.2) is 5.89 Å². The fourth-order valence-electron chi connectivity index (χ4n) is 3.25. The van der Waals surface area contributed by atoms with Gasteiger partial charge >= 0.3 is 5.97 Å². The zero-order valence-corrected chi connectivity index (χ0v) is 14.4. The van der Waals surface area contributed by atoms with Gasteiger partial charge in [-0.2, -0.15) is 0 Å². The molecule has 1 aromatic carbocycles. The third-order valence-corrected chi connectivity index (χ3v) is 4.52. The molecule has 0 bridgehead atoms. The highest BCUT2D eigenvalue weighted by atomic mass is 16.4. The summed E-state index contributed by atoms with van der Waals surface area (Å²) in [7, 11) is 0. The van der Waals surface area contributed by atoms with Gasteiger partial charge in [-0.1, -0.05) is 51.1 Å². The number of nitrogens with zero attached hydrogens (tertiary/aromatic N) is 2. The molecule has 2 atom stereocenters. The fourth-order valence-corrected chi connectivity index (χ4v) is 3.25. The molecule has 0 aliphatic carbocycles. The quantitative estimate of drug-likeness (QED) is 0.933. The molecule has 128 valence electrons. The number of rotatable bonds is 4. The summed E-state index contributed by atoms with van der Waals surface area (Å²) in [4.78, 5) is 18.1. The Kier molecular flexibility index (Phi) is 4.45. The van der Waals surface area contributed by atoms with Crippen molar-refractivity contribution < 1.29 is 14.3 Å². The Balaban J connectivity index is 1.74. The molecule has 5 nitrogen and oxygen atoms in total. The van der Waals surface area contributed by atoms with Gasteiger partial charge in [-0.05, 0) is 5.56 Å². The van der Waals surface area contributed by atoms with Crippen LogP contribution in [0.5, 0.6) is 0 Å². The van der Waals surface area contributed by atoms with Gasteiger partial charge < -0.3 is 9.52 Å². The van der Waals surface area contributed by atoms with Crippen LogP contribution in [0.1, 0.15) is 43.9 Å². The van der Waals surface area contributed by atoms with Gasteiger partial charge in [0.25, 0.3) is 0 Å². The maximum atomic E-state index is 11.7. The van der Waals surface area contributed by atoms with Crippen LogP contribution in [0, 0.1) is 5.92 Å². The monoisotopic (exact) mass is 328 g/mol. The molecular weight excluding hydrogens is 304 g/mol. The Morgan fingerprint density at radius 3 is 2.58 bits per heavy atom. The Bertz CT molecular complexity index is 703. The SMILES string of the molecule is CC(C)(C)c1ncc(CN2C[C@H](C(=O)O)[C@@H](c3ccccc3)C2)o1. The number of carbonyl (C=O) groups is 1. The maximum Gasteiger partial charge on any atom is 0.308 e. The number of hydrogen-bond donors (Lipinski definition) is 1. The molecule has 1 aliphatic heterocycles. The minimum Gasteiger partial charge on any atom is -0.481 e. The van der Waals surface area contributed by atoms with Crippen LogP contribution in [0.15, 0.2) is 40.9 Å². The van der Waals surface area contributed by atoms with E-state index in [2.05, 4.69) is 30.7 Å². The first-order valence-corrected chi connectivity index (χ1v) is 8.30. The van der Waals surface area contributed by atoms with Gasteiger partial charge in [-0.25, -0.2) is 4.98 Å². The number of aromatic nitrogens is 1. The van der Waals surface area contributed by atoms with Crippen LogP contribution in [0.25, 0.3) is 0 Å². The lowest BCUT2D eigenvalue weighted by molar-refractivity contribution is -0.141. The molecular formula is C19H24N2O3. The number of likely N-dealkylation sites (tertiary alicyclic amines) is 1. The van der Waals surface area contributed by atoms with Crippen LogP contribution < -0.4 is 0 Å². The molecule has 1 N–H and O–H groups in total. The average molecular weight is 328 g/mol. The van der Waals surface area contributed by atoms with Crippen LogP contribution in [-0.2, 0) is 16.8 Å². The molecule has 1 fully saturated rings. The van der Waals surface area contributed by atoms with Crippen LogP contribution in [0.3, 0.4) is 0 Å². The second-order valence-corrected chi connectivity index (χ2v) is 7.54. The number of aliphatic carboxylic acids is 1. The summed E-state index contributed by atoms with van der Waals surface area (Å²) in [6.07, 6.45) is 1.76. The second kappa shape index (κ2) is 6.40. The van der Waals surface area contributed by atoms with Crippen molar-refractivity contribution in [1.82, 2.24) is 9.88 Å². The first kappa shape index (κ1) is 16.7. The third-order valence-electron chi connectivity index (χ3n) is 4.52. The largest absolute Gasteiger partial charge is 0.481 e. The minimum atomic E-state index is -0.737. The summed E-state index contributed by atoms with van der Waals surface area (Å²) in [6.45, 7) is 8.02. The van der Waals surface area contributed by atoms with Crippen molar-refractivity contribution in [1.29, 1.82) is 0 Å². The van der Waals surface area contributed by atoms with Crippen LogP contribution in [0.2, 0.25) is 0 Å². The molecule has 0 unspecified atom stereocenters. The van der Waals surface area contributed by atoms with Crippen LogP contribution >= 0.6 is 0 Å². The molecule has 0 radical (unpaired) electrons. The summed E-state index contributed by atoms with van der Waals surface area (Å²) in [5, 5.41) is 9.58. The first-order chi connectivity index (χ1) is 11.3. The summed E-state index contributed by atoms with van der Waals surface area (Å²) in [5.41, 5.74) is 0.958. The van der Waals surface area contributed by atoms with E-state index in [0.717, 1.165) is 11.3 Å². The van der Waals surface area contributed by atoms with E-state index in [0.29, 0.717) is 25.5 Å². The molecule has 0 amide bonds. The van der Waals surface area contributed by atoms with Gasteiger partial charge in [-0.3, -0.25) is 9.69 Å². The van der Waals surface area contributed by atoms with E-state index in [-0.39, 0.29) is 11.3 Å². The predicted molar refractivity (Wildman–Crippen MR) is 90.8 cm³/mol. The standard InChI is InChI=1S/C19H24N2O3/c1-19(2,3)18-20-9-14(24-18)10-21-11-15(16(12-21)17(22)23)13-7-5-4-6-8-13/h4-9,15-16H,10-12H2,1-3H3,(H,22,23)/t15-,16+/m1/s1. The number of carboxylic acids is 1. The zero-order valence-electron chi connectivity index (χ0n) is 14.4. The minimum absolute atomic E-state index is 0.00806. The van der Waals surface area contributed by atoms with Crippen molar-refractivity contribution in [2.24, 2.45) is 5.92 Å². The van der Waals surface area contributed by atoms with Crippen LogP contribution in [0.4, 0.5) is 0 Å². The van der Waals surface area contributed by atoms with E-state index >= 15 is 0 Å². The summed E-state index contributed by atoms with van der Waals surface area (Å²) < 4.78 is 5.85. The Morgan fingerprint density at radius 2 is 2.00 bits per heavy atom. The molecule has 5 heteroatoms. The van der Waals surface area contributed by atoms with E-state index in [1.54, 1.807) is 6.20 Å². The van der Waals surface area contributed by atoms with Gasteiger partial charge in [0.2, 0.25) is 0 Å². The highest BCUT2D eigenvalue weighted by molar-refractivity contribution is 5.72. The molecule has 3 rings (SSSR count). The van der Waals surface area contributed by atoms with E-state index in [1.165, 1.54) is 0 Å². The van der Waals surface area contributed by atoms with Gasteiger partial charge in [0, 0.05) is 24.4 Å². The molecule has 24 heavy (non-hydrogen) atoms. The topological polar surface area (TPSA) is 66.6 Å². The lowest BCUT2D eigenvalue weighted by Crippen LogP contribution is -2.23. The van der Waals surface area contributed by atoms with Gasteiger partial charge in [0.1, 0.15) is 5.76 Å². The average Bonchev–Trinajstić information content (AvgIpc) is 3.15. The summed E-state index contributed by atoms with van der Waals surface area (Å²) in [6, 6.07) is 9.90. The molecule has 0 saturated carbocycles. The zero-order chi connectivity index (χ0) is 17.3. The Labute approximate surface area is 142 Å². The molecule has 2 aromatic rings. The lowest BCUT2D eigenvalue weighted by Gasteiger charge is -2.15. The third kappa shape index (κ3) is 3.51. The van der Waals surface area contributed by atoms with Gasteiger partial charge in [-0.15, -0.1) is 0 Å². The highest BCUT2D eigenvalue weighted by Crippen LogP contribution is 2.34. The van der Waals surface area contributed by atoms with E-state index in [9.17, 15) is 9.90 Å². The number of benzene rings is 1. The van der Waals surface area contributed by atoms with E-state index in [4.69, 9.17) is 4.42 Å². The molecule has 1 aliphatic rings. The number of hydrogen-bond acceptors (Lipinski definition) is 4. The molecule has 0 spiro atoms. The Morgan fingerprint density at radius 1 is 1.29 bits per heavy atom. The van der Waals surface area contributed by atoms with Gasteiger partial charge in [0.05, 0.1) is 18.7 Å². The molecule has 1 aromatic heterocycles. The highest BCUT2D eigenvalue weighted by Gasteiger charge is 2.38. The van der Waals surface area contributed by atoms with Crippen LogP contribution in [-0.4, -0.2) is 34.0 Å². The maximum absolute atomic E-state index is 11.7. The van der Waals surface area contributed by atoms with E-state index in [1.807, 2.05) is 30.3 Å². The van der Waals surface area contributed by atoms with E-state index < -0.39 is 11.9 Å². The second-order valence-electron chi connectivity index (χ2n) is 7.54. The fraction of sp³-hybridized carbons (Fsp3) is 0.474. The Hall–Kier alpha value is -2.14.